The third-order valence-electron chi connectivity index (χ3n) is 2.69. The Labute approximate surface area is 80.3 Å². The van der Waals surface area contributed by atoms with E-state index in [9.17, 15) is 4.79 Å². The molecule has 0 aromatic carbocycles. The van der Waals surface area contributed by atoms with Crippen molar-refractivity contribution < 1.29 is 4.79 Å². The molecule has 3 heteroatoms. The minimum absolute atomic E-state index is 0.0127. The average molecular weight is 184 g/mol. The Balaban J connectivity index is 2.35. The van der Waals surface area contributed by atoms with Crippen LogP contribution in [-0.4, -0.2) is 29.9 Å². The highest BCUT2D eigenvalue weighted by Gasteiger charge is 2.28. The third kappa shape index (κ3) is 2.99. The van der Waals surface area contributed by atoms with E-state index in [0.717, 1.165) is 32.4 Å². The maximum atomic E-state index is 11.0. The van der Waals surface area contributed by atoms with E-state index in [4.69, 9.17) is 5.73 Å². The number of primary amides is 1. The number of carbonyl (C=O) groups is 1. The first kappa shape index (κ1) is 10.5. The lowest BCUT2D eigenvalue weighted by atomic mass is 10.1. The lowest BCUT2D eigenvalue weighted by molar-refractivity contribution is -0.122. The van der Waals surface area contributed by atoms with Gasteiger partial charge in [-0.05, 0) is 38.3 Å². The number of nitrogens with zero attached hydrogens (tertiary/aromatic N) is 1. The van der Waals surface area contributed by atoms with Crippen LogP contribution >= 0.6 is 0 Å². The molecule has 13 heavy (non-hydrogen) atoms. The normalized spacial score (nSPS) is 24.1. The second-order valence-corrected chi connectivity index (χ2v) is 4.28. The summed E-state index contributed by atoms with van der Waals surface area (Å²) in [5.74, 6) is 0.551. The van der Waals surface area contributed by atoms with Crippen LogP contribution in [0, 0.1) is 5.92 Å². The molecule has 0 bridgehead atoms. The van der Waals surface area contributed by atoms with Crippen molar-refractivity contribution in [2.75, 3.05) is 13.1 Å². The molecule has 1 heterocycles. The molecule has 1 fully saturated rings. The zero-order chi connectivity index (χ0) is 9.84. The van der Waals surface area contributed by atoms with Gasteiger partial charge >= 0.3 is 0 Å². The van der Waals surface area contributed by atoms with Crippen LogP contribution in [0.5, 0.6) is 0 Å². The molecule has 76 valence electrons. The third-order valence-corrected chi connectivity index (χ3v) is 2.69. The predicted octanol–water partition coefficient (Wildman–Crippen LogP) is 0.982. The van der Waals surface area contributed by atoms with Gasteiger partial charge in [-0.3, -0.25) is 9.69 Å². The van der Waals surface area contributed by atoms with Crippen molar-refractivity contribution in [2.45, 2.75) is 39.2 Å². The summed E-state index contributed by atoms with van der Waals surface area (Å²) < 4.78 is 0. The average Bonchev–Trinajstić information content (AvgIpc) is 2.47. The molecule has 3 nitrogen and oxygen atoms in total. The number of likely N-dealkylation sites (tertiary alicyclic amines) is 1. The van der Waals surface area contributed by atoms with E-state index >= 15 is 0 Å². The van der Waals surface area contributed by atoms with Gasteiger partial charge < -0.3 is 5.73 Å². The fraction of sp³-hybridized carbons (Fsp3) is 0.900. The summed E-state index contributed by atoms with van der Waals surface area (Å²) in [5, 5.41) is 0. The Morgan fingerprint density at radius 3 is 2.85 bits per heavy atom. The van der Waals surface area contributed by atoms with Crippen LogP contribution in [0.3, 0.4) is 0 Å². The van der Waals surface area contributed by atoms with Crippen LogP contribution < -0.4 is 5.73 Å². The number of hydrogen-bond donors (Lipinski definition) is 1. The fourth-order valence-electron chi connectivity index (χ4n) is 1.84. The van der Waals surface area contributed by atoms with Gasteiger partial charge in [-0.15, -0.1) is 0 Å². The molecule has 0 radical (unpaired) electrons. The monoisotopic (exact) mass is 184 g/mol. The Kier molecular flexibility index (Phi) is 3.72. The van der Waals surface area contributed by atoms with Crippen molar-refractivity contribution in [3.05, 3.63) is 0 Å². The van der Waals surface area contributed by atoms with Gasteiger partial charge in [0.05, 0.1) is 6.04 Å². The summed E-state index contributed by atoms with van der Waals surface area (Å²) >= 11 is 0. The van der Waals surface area contributed by atoms with E-state index in [2.05, 4.69) is 18.7 Å². The van der Waals surface area contributed by atoms with E-state index in [1.165, 1.54) is 0 Å². The second kappa shape index (κ2) is 4.61. The quantitative estimate of drug-likeness (QED) is 0.708. The number of amides is 1. The van der Waals surface area contributed by atoms with Crippen molar-refractivity contribution in [3.63, 3.8) is 0 Å². The fourth-order valence-corrected chi connectivity index (χ4v) is 1.84. The predicted molar refractivity (Wildman–Crippen MR) is 53.2 cm³/mol. The topological polar surface area (TPSA) is 46.3 Å². The molecule has 0 unspecified atom stereocenters. The van der Waals surface area contributed by atoms with Crippen LogP contribution in [0.15, 0.2) is 0 Å². The summed E-state index contributed by atoms with van der Waals surface area (Å²) in [6.07, 6.45) is 3.23. The van der Waals surface area contributed by atoms with Gasteiger partial charge in [-0.2, -0.15) is 0 Å². The van der Waals surface area contributed by atoms with Crippen LogP contribution in [0.2, 0.25) is 0 Å². The molecule has 0 aromatic heterocycles. The Morgan fingerprint density at radius 1 is 1.62 bits per heavy atom. The van der Waals surface area contributed by atoms with Crippen LogP contribution in [0.25, 0.3) is 0 Å². The van der Waals surface area contributed by atoms with Gasteiger partial charge in [0.2, 0.25) is 5.91 Å². The van der Waals surface area contributed by atoms with Crippen molar-refractivity contribution in [1.29, 1.82) is 0 Å². The van der Waals surface area contributed by atoms with Gasteiger partial charge in [0.25, 0.3) is 0 Å². The zero-order valence-electron chi connectivity index (χ0n) is 8.62. The molecule has 0 spiro atoms. The zero-order valence-corrected chi connectivity index (χ0v) is 8.62. The van der Waals surface area contributed by atoms with Gasteiger partial charge in [-0.25, -0.2) is 0 Å². The molecular weight excluding hydrogens is 164 g/mol. The molecular formula is C10H20N2O. The lowest BCUT2D eigenvalue weighted by Gasteiger charge is -2.22. The molecule has 0 saturated carbocycles. The van der Waals surface area contributed by atoms with Gasteiger partial charge in [-0.1, -0.05) is 13.8 Å². The summed E-state index contributed by atoms with van der Waals surface area (Å²) in [4.78, 5) is 13.3. The SMILES string of the molecule is CC(C)CCN1CCC[C@H]1C(N)=O. The Morgan fingerprint density at radius 2 is 2.31 bits per heavy atom. The maximum Gasteiger partial charge on any atom is 0.234 e. The van der Waals surface area contributed by atoms with E-state index in [1.807, 2.05) is 0 Å². The molecule has 1 saturated heterocycles. The molecule has 0 aliphatic carbocycles. The highest BCUT2D eigenvalue weighted by molar-refractivity contribution is 5.80. The molecule has 2 N–H and O–H groups in total. The van der Waals surface area contributed by atoms with E-state index in [1.54, 1.807) is 0 Å². The van der Waals surface area contributed by atoms with Crippen LogP contribution in [0.4, 0.5) is 0 Å². The number of nitrogens with two attached hydrogens (primary N) is 1. The molecule has 1 aliphatic rings. The van der Waals surface area contributed by atoms with Crippen molar-refractivity contribution >= 4 is 5.91 Å². The smallest absolute Gasteiger partial charge is 0.234 e. The molecule has 1 rings (SSSR count). The Hall–Kier alpha value is -0.570. The van der Waals surface area contributed by atoms with Crippen LogP contribution in [0.1, 0.15) is 33.1 Å². The maximum absolute atomic E-state index is 11.0. The van der Waals surface area contributed by atoms with Crippen LogP contribution in [-0.2, 0) is 4.79 Å². The summed E-state index contributed by atoms with van der Waals surface area (Å²) in [7, 11) is 0. The van der Waals surface area contributed by atoms with E-state index in [0.29, 0.717) is 5.92 Å². The first-order valence-corrected chi connectivity index (χ1v) is 5.14. The Bertz CT molecular complexity index is 180. The van der Waals surface area contributed by atoms with Crippen molar-refractivity contribution in [3.8, 4) is 0 Å². The largest absolute Gasteiger partial charge is 0.368 e. The first-order valence-electron chi connectivity index (χ1n) is 5.14. The minimum atomic E-state index is -0.152. The lowest BCUT2D eigenvalue weighted by Crippen LogP contribution is -2.40. The standard InChI is InChI=1S/C10H20N2O/c1-8(2)5-7-12-6-3-4-9(12)10(11)13/h8-9H,3-7H2,1-2H3,(H2,11,13)/t9-/m0/s1. The molecule has 1 atom stereocenters. The van der Waals surface area contributed by atoms with Gasteiger partial charge in [0.15, 0.2) is 0 Å². The summed E-state index contributed by atoms with van der Waals surface area (Å²) in [6, 6.07) is 0.0127. The van der Waals surface area contributed by atoms with Gasteiger partial charge in [0, 0.05) is 0 Å². The molecule has 0 aromatic rings. The summed E-state index contributed by atoms with van der Waals surface area (Å²) in [6.45, 7) is 6.47. The van der Waals surface area contributed by atoms with E-state index in [-0.39, 0.29) is 11.9 Å². The van der Waals surface area contributed by atoms with Crippen molar-refractivity contribution in [1.82, 2.24) is 4.90 Å². The first-order chi connectivity index (χ1) is 6.11. The van der Waals surface area contributed by atoms with Gasteiger partial charge in [0.1, 0.15) is 0 Å². The highest BCUT2D eigenvalue weighted by atomic mass is 16.1. The molecule has 1 amide bonds. The summed E-state index contributed by atoms with van der Waals surface area (Å²) in [5.41, 5.74) is 5.31. The van der Waals surface area contributed by atoms with Crippen molar-refractivity contribution in [2.24, 2.45) is 11.7 Å². The number of hydrogen-bond acceptors (Lipinski definition) is 2. The van der Waals surface area contributed by atoms with E-state index < -0.39 is 0 Å². The second-order valence-electron chi connectivity index (χ2n) is 4.28. The number of rotatable bonds is 4. The minimum Gasteiger partial charge on any atom is -0.368 e. The highest BCUT2D eigenvalue weighted by Crippen LogP contribution is 2.17. The molecule has 1 aliphatic heterocycles. The number of carbonyl (C=O) groups excluding carboxylic acids is 1.